The highest BCUT2D eigenvalue weighted by Gasteiger charge is 2.33. The number of hydrogen-bond donors (Lipinski definition) is 3. The average Bonchev–Trinajstić information content (AvgIpc) is 3.30. The van der Waals surface area contributed by atoms with E-state index in [1.165, 1.54) is 10.8 Å². The van der Waals surface area contributed by atoms with E-state index in [1.54, 1.807) is 0 Å². The molecule has 3 N–H and O–H groups in total. The molecule has 9 nitrogen and oxygen atoms in total. The van der Waals surface area contributed by atoms with Gasteiger partial charge in [-0.3, -0.25) is 4.57 Å². The molecule has 3 heterocycles. The van der Waals surface area contributed by atoms with E-state index >= 15 is 0 Å². The van der Waals surface area contributed by atoms with Gasteiger partial charge < -0.3 is 15.7 Å². The van der Waals surface area contributed by atoms with Gasteiger partial charge in [0.1, 0.15) is 17.0 Å². The zero-order valence-corrected chi connectivity index (χ0v) is 18.8. The Morgan fingerprint density at radius 1 is 1.03 bits per heavy atom. The molecule has 182 valence electrons. The van der Waals surface area contributed by atoms with Crippen LogP contribution in [0.1, 0.15) is 38.1 Å². The molecule has 3 aromatic rings. The topological polar surface area (TPSA) is 122 Å². The summed E-state index contributed by atoms with van der Waals surface area (Å²) in [5, 5.41) is 15.5. The van der Waals surface area contributed by atoms with Gasteiger partial charge in [-0.15, -0.1) is 0 Å². The summed E-state index contributed by atoms with van der Waals surface area (Å²) in [5.74, 6) is -3.28. The van der Waals surface area contributed by atoms with E-state index in [9.17, 15) is 26.7 Å². The van der Waals surface area contributed by atoms with Crippen molar-refractivity contribution in [3.8, 4) is 0 Å². The molecule has 0 amide bonds. The van der Waals surface area contributed by atoms with Crippen molar-refractivity contribution < 1.29 is 26.7 Å². The first-order valence-electron chi connectivity index (χ1n) is 11.0. The quantitative estimate of drug-likeness (QED) is 0.493. The van der Waals surface area contributed by atoms with Crippen LogP contribution >= 0.6 is 0 Å². The van der Waals surface area contributed by atoms with Crippen molar-refractivity contribution in [2.24, 2.45) is 0 Å². The van der Waals surface area contributed by atoms with Gasteiger partial charge >= 0.3 is 0 Å². The smallest absolute Gasteiger partial charge is 0.224 e. The third-order valence-electron chi connectivity index (χ3n) is 6.28. The summed E-state index contributed by atoms with van der Waals surface area (Å²) in [4.78, 5) is 13.2. The number of halogens is 3. The lowest BCUT2D eigenvalue weighted by Crippen LogP contribution is -2.29. The van der Waals surface area contributed by atoms with Crippen LogP contribution in [-0.2, 0) is 9.84 Å². The zero-order chi connectivity index (χ0) is 24.0. The molecule has 2 aliphatic rings. The summed E-state index contributed by atoms with van der Waals surface area (Å²) in [6, 6.07) is 0.601. The highest BCUT2D eigenvalue weighted by Crippen LogP contribution is 2.34. The Kier molecular flexibility index (Phi) is 5.84. The number of nitrogens with one attached hydrogen (secondary N) is 2. The molecule has 0 spiro atoms. The van der Waals surface area contributed by atoms with Gasteiger partial charge in [-0.2, -0.15) is 4.98 Å². The third kappa shape index (κ3) is 4.53. The van der Waals surface area contributed by atoms with E-state index < -0.39 is 39.0 Å². The van der Waals surface area contributed by atoms with Crippen molar-refractivity contribution in [3.63, 3.8) is 0 Å². The number of imidazole rings is 1. The largest absolute Gasteiger partial charge is 0.393 e. The highest BCUT2D eigenvalue weighted by molar-refractivity contribution is 7.91. The van der Waals surface area contributed by atoms with Crippen LogP contribution in [0.5, 0.6) is 0 Å². The fourth-order valence-corrected chi connectivity index (χ4v) is 6.25. The molecule has 1 atom stereocenters. The van der Waals surface area contributed by atoms with Crippen molar-refractivity contribution in [1.82, 2.24) is 19.5 Å². The minimum Gasteiger partial charge on any atom is -0.393 e. The van der Waals surface area contributed by atoms with E-state index in [4.69, 9.17) is 0 Å². The van der Waals surface area contributed by atoms with Crippen LogP contribution in [0.25, 0.3) is 11.2 Å². The van der Waals surface area contributed by atoms with Gasteiger partial charge in [0.15, 0.2) is 27.1 Å². The van der Waals surface area contributed by atoms with Crippen LogP contribution in [0.4, 0.5) is 30.8 Å². The van der Waals surface area contributed by atoms with E-state index in [1.807, 2.05) is 0 Å². The second-order valence-corrected chi connectivity index (χ2v) is 11.0. The van der Waals surface area contributed by atoms with Crippen LogP contribution in [0.15, 0.2) is 18.3 Å². The van der Waals surface area contributed by atoms with Crippen LogP contribution in [0, 0.1) is 17.5 Å². The maximum absolute atomic E-state index is 14.3. The van der Waals surface area contributed by atoms with Gasteiger partial charge in [-0.25, -0.2) is 31.6 Å². The molecule has 1 aliphatic heterocycles. The molecule has 1 saturated carbocycles. The summed E-state index contributed by atoms with van der Waals surface area (Å²) in [6.45, 7) is 0. The monoisotopic (exact) mass is 496 g/mol. The second-order valence-electron chi connectivity index (χ2n) is 8.78. The van der Waals surface area contributed by atoms with Crippen LogP contribution in [0.3, 0.4) is 0 Å². The molecule has 2 fully saturated rings. The Hall–Kier alpha value is -2.93. The van der Waals surface area contributed by atoms with Crippen LogP contribution in [-0.4, -0.2) is 56.7 Å². The maximum Gasteiger partial charge on any atom is 0.224 e. The number of hydrogen-bond acceptors (Lipinski definition) is 8. The van der Waals surface area contributed by atoms with Crippen molar-refractivity contribution in [2.45, 2.75) is 50.3 Å². The Morgan fingerprint density at radius 2 is 1.74 bits per heavy atom. The van der Waals surface area contributed by atoms with Crippen molar-refractivity contribution in [3.05, 3.63) is 35.8 Å². The van der Waals surface area contributed by atoms with E-state index in [0.717, 1.165) is 12.8 Å². The molecule has 1 aromatic carbocycles. The third-order valence-corrected chi connectivity index (χ3v) is 8.03. The number of aromatic nitrogens is 4. The summed E-state index contributed by atoms with van der Waals surface area (Å²) >= 11 is 0. The second kappa shape index (κ2) is 8.69. The van der Waals surface area contributed by atoms with Crippen LogP contribution in [0.2, 0.25) is 0 Å². The average molecular weight is 497 g/mol. The molecule has 0 radical (unpaired) electrons. The molecular formula is C21H23F3N6O3S. The molecule has 34 heavy (non-hydrogen) atoms. The van der Waals surface area contributed by atoms with Gasteiger partial charge in [-0.1, -0.05) is 0 Å². The van der Waals surface area contributed by atoms with E-state index in [0.29, 0.717) is 42.1 Å². The first kappa shape index (κ1) is 22.8. The predicted octanol–water partition coefficient (Wildman–Crippen LogP) is 3.06. The minimum atomic E-state index is -3.30. The van der Waals surface area contributed by atoms with Gasteiger partial charge in [0.05, 0.1) is 29.8 Å². The molecule has 1 unspecified atom stereocenters. The van der Waals surface area contributed by atoms with Crippen molar-refractivity contribution in [2.75, 3.05) is 22.1 Å². The first-order chi connectivity index (χ1) is 16.2. The summed E-state index contributed by atoms with van der Waals surface area (Å²) in [7, 11) is -3.30. The molecule has 13 heteroatoms. The van der Waals surface area contributed by atoms with Gasteiger partial charge in [0.2, 0.25) is 11.9 Å². The van der Waals surface area contributed by atoms with Gasteiger partial charge in [0, 0.05) is 18.2 Å². The minimum absolute atomic E-state index is 0.0197. The zero-order valence-electron chi connectivity index (χ0n) is 18.0. The lowest BCUT2D eigenvalue weighted by atomic mass is 9.93. The number of rotatable bonds is 5. The predicted molar refractivity (Wildman–Crippen MR) is 119 cm³/mol. The number of benzene rings is 1. The normalized spacial score (nSPS) is 24.4. The number of sulfone groups is 1. The Labute approximate surface area is 193 Å². The molecule has 1 saturated heterocycles. The maximum atomic E-state index is 14.3. The Balaban J connectivity index is 1.54. The number of aliphatic hydroxyl groups excluding tert-OH is 1. The summed E-state index contributed by atoms with van der Waals surface area (Å²) < 4.78 is 67.8. The van der Waals surface area contributed by atoms with Gasteiger partial charge in [-0.05, 0) is 32.1 Å². The lowest BCUT2D eigenvalue weighted by molar-refractivity contribution is 0.126. The molecular weight excluding hydrogens is 473 g/mol. The fraction of sp³-hybridized carbons (Fsp3) is 0.476. The number of anilines is 3. The number of nitrogens with zero attached hydrogens (tertiary/aromatic N) is 4. The number of fused-ring (bicyclic) bond motifs is 1. The standard InChI is InChI=1S/C21H23F3N6O3S/c22-11-7-15(23)18(16(24)8-11)28-21-27-17-9-25-20(26-12-1-3-14(31)4-2-12)29-19(17)30(21)13-5-6-34(32,33)10-13/h7-9,12-14,31H,1-6,10H2,(H,27,28)(H,25,26,29). The first-order valence-corrected chi connectivity index (χ1v) is 12.8. The van der Waals surface area contributed by atoms with Crippen molar-refractivity contribution in [1.29, 1.82) is 0 Å². The fourth-order valence-electron chi connectivity index (χ4n) is 4.55. The van der Waals surface area contributed by atoms with Crippen molar-refractivity contribution >= 4 is 38.6 Å². The SMILES string of the molecule is O=S1(=O)CCC(n2c(Nc3c(F)cc(F)cc3F)nc3cnc(NC4CCC(O)CC4)nc32)C1. The van der Waals surface area contributed by atoms with Gasteiger partial charge in [0.25, 0.3) is 0 Å². The van der Waals surface area contributed by atoms with E-state index in [-0.39, 0.29) is 36.0 Å². The molecule has 2 aromatic heterocycles. The molecule has 1 aliphatic carbocycles. The molecule has 5 rings (SSSR count). The lowest BCUT2D eigenvalue weighted by Gasteiger charge is -2.26. The Bertz CT molecular complexity index is 1320. The summed E-state index contributed by atoms with van der Waals surface area (Å²) in [5.41, 5.74) is 0.00564. The summed E-state index contributed by atoms with van der Waals surface area (Å²) in [6.07, 6.45) is 4.25. The van der Waals surface area contributed by atoms with E-state index in [2.05, 4.69) is 25.6 Å². The number of aliphatic hydroxyl groups is 1. The molecule has 0 bridgehead atoms. The highest BCUT2D eigenvalue weighted by atomic mass is 32.2. The van der Waals surface area contributed by atoms with Crippen LogP contribution < -0.4 is 10.6 Å². The Morgan fingerprint density at radius 3 is 2.38 bits per heavy atom.